The molecule has 1 aliphatic carbocycles. The first-order valence-corrected chi connectivity index (χ1v) is 7.14. The van der Waals surface area contributed by atoms with E-state index < -0.39 is 0 Å². The van der Waals surface area contributed by atoms with Crippen LogP contribution in [0.2, 0.25) is 0 Å². The standard InChI is InChI=1S/C14H24N4/c1-10(2)14-7-15-13(11-4-5-11)9-18(14)12-6-16-17(3)8-12/h6,8,10-11,13-15H,4-5,7,9H2,1-3H3. The van der Waals surface area contributed by atoms with Gasteiger partial charge in [0, 0.05) is 38.4 Å². The van der Waals surface area contributed by atoms with Crippen LogP contribution < -0.4 is 10.2 Å². The summed E-state index contributed by atoms with van der Waals surface area (Å²) in [6.07, 6.45) is 6.96. The number of anilines is 1. The molecule has 1 saturated heterocycles. The van der Waals surface area contributed by atoms with Crippen molar-refractivity contribution < 1.29 is 0 Å². The fourth-order valence-electron chi connectivity index (χ4n) is 3.06. The molecule has 1 aromatic rings. The van der Waals surface area contributed by atoms with E-state index in [-0.39, 0.29) is 0 Å². The molecule has 3 rings (SSSR count). The minimum Gasteiger partial charge on any atom is -0.363 e. The predicted molar refractivity (Wildman–Crippen MR) is 73.7 cm³/mol. The molecular weight excluding hydrogens is 224 g/mol. The van der Waals surface area contributed by atoms with Crippen LogP contribution in [0.1, 0.15) is 26.7 Å². The molecule has 2 unspecified atom stereocenters. The Morgan fingerprint density at radius 3 is 2.72 bits per heavy atom. The molecule has 0 amide bonds. The minimum atomic E-state index is 0.587. The van der Waals surface area contributed by atoms with Crippen molar-refractivity contribution in [2.24, 2.45) is 18.9 Å². The molecule has 0 radical (unpaired) electrons. The van der Waals surface area contributed by atoms with Crippen molar-refractivity contribution in [3.63, 3.8) is 0 Å². The van der Waals surface area contributed by atoms with Gasteiger partial charge < -0.3 is 10.2 Å². The van der Waals surface area contributed by atoms with Crippen molar-refractivity contribution in [1.82, 2.24) is 15.1 Å². The summed E-state index contributed by atoms with van der Waals surface area (Å²) < 4.78 is 1.90. The molecule has 1 N–H and O–H groups in total. The van der Waals surface area contributed by atoms with E-state index in [1.807, 2.05) is 17.9 Å². The van der Waals surface area contributed by atoms with Crippen LogP contribution in [0.3, 0.4) is 0 Å². The molecule has 2 atom stereocenters. The first kappa shape index (κ1) is 12.0. The molecule has 18 heavy (non-hydrogen) atoms. The summed E-state index contributed by atoms with van der Waals surface area (Å²) in [7, 11) is 1.99. The Hall–Kier alpha value is -1.03. The monoisotopic (exact) mass is 248 g/mol. The van der Waals surface area contributed by atoms with Gasteiger partial charge in [0.25, 0.3) is 0 Å². The van der Waals surface area contributed by atoms with Gasteiger partial charge in [-0.3, -0.25) is 4.68 Å². The highest BCUT2D eigenvalue weighted by Gasteiger charge is 2.38. The van der Waals surface area contributed by atoms with Crippen LogP contribution in [0.4, 0.5) is 5.69 Å². The largest absolute Gasteiger partial charge is 0.363 e. The lowest BCUT2D eigenvalue weighted by atomic mass is 9.96. The van der Waals surface area contributed by atoms with Gasteiger partial charge in [-0.15, -0.1) is 0 Å². The molecule has 0 bridgehead atoms. The summed E-state index contributed by atoms with van der Waals surface area (Å²) in [6.45, 7) is 6.87. The Bertz CT molecular complexity index is 408. The van der Waals surface area contributed by atoms with Crippen LogP contribution in [-0.2, 0) is 7.05 Å². The molecule has 1 saturated carbocycles. The lowest BCUT2D eigenvalue weighted by molar-refractivity contribution is 0.320. The number of rotatable bonds is 3. The van der Waals surface area contributed by atoms with Gasteiger partial charge in [-0.25, -0.2) is 0 Å². The average Bonchev–Trinajstić information content (AvgIpc) is 3.11. The van der Waals surface area contributed by atoms with E-state index in [9.17, 15) is 0 Å². The zero-order valence-electron chi connectivity index (χ0n) is 11.6. The van der Waals surface area contributed by atoms with Gasteiger partial charge >= 0.3 is 0 Å². The number of nitrogens with one attached hydrogen (secondary N) is 1. The quantitative estimate of drug-likeness (QED) is 0.882. The van der Waals surface area contributed by atoms with Crippen LogP contribution in [0.25, 0.3) is 0 Å². The second kappa shape index (κ2) is 4.57. The fraction of sp³-hybridized carbons (Fsp3) is 0.786. The van der Waals surface area contributed by atoms with Gasteiger partial charge in [0.1, 0.15) is 0 Å². The maximum Gasteiger partial charge on any atom is 0.0755 e. The van der Waals surface area contributed by atoms with Crippen LogP contribution >= 0.6 is 0 Å². The topological polar surface area (TPSA) is 33.1 Å². The highest BCUT2D eigenvalue weighted by atomic mass is 15.3. The maximum atomic E-state index is 4.33. The number of aryl methyl sites for hydroxylation is 1. The Morgan fingerprint density at radius 1 is 1.39 bits per heavy atom. The molecule has 0 spiro atoms. The third-order valence-electron chi connectivity index (χ3n) is 4.37. The Labute approximate surface area is 109 Å². The highest BCUT2D eigenvalue weighted by molar-refractivity contribution is 5.45. The van der Waals surface area contributed by atoms with Crippen LogP contribution in [0.15, 0.2) is 12.4 Å². The van der Waals surface area contributed by atoms with Crippen molar-refractivity contribution in [2.75, 3.05) is 18.0 Å². The van der Waals surface area contributed by atoms with Gasteiger partial charge in [0.15, 0.2) is 0 Å². The number of nitrogens with zero attached hydrogens (tertiary/aromatic N) is 3. The first-order valence-electron chi connectivity index (χ1n) is 7.14. The predicted octanol–water partition coefficient (Wildman–Crippen LogP) is 1.63. The molecule has 4 heteroatoms. The zero-order valence-corrected chi connectivity index (χ0v) is 11.6. The molecule has 4 nitrogen and oxygen atoms in total. The van der Waals surface area contributed by atoms with Gasteiger partial charge in [0.2, 0.25) is 0 Å². The molecule has 2 fully saturated rings. The third kappa shape index (κ3) is 2.26. The van der Waals surface area contributed by atoms with Gasteiger partial charge in [-0.2, -0.15) is 5.10 Å². The van der Waals surface area contributed by atoms with Crippen molar-refractivity contribution in [1.29, 1.82) is 0 Å². The van der Waals surface area contributed by atoms with E-state index in [2.05, 4.69) is 35.4 Å². The summed E-state index contributed by atoms with van der Waals surface area (Å²) in [5.41, 5.74) is 1.28. The van der Waals surface area contributed by atoms with E-state index in [0.29, 0.717) is 18.0 Å². The molecule has 2 aliphatic rings. The van der Waals surface area contributed by atoms with Crippen LogP contribution in [0.5, 0.6) is 0 Å². The third-order valence-corrected chi connectivity index (χ3v) is 4.37. The second-order valence-electron chi connectivity index (χ2n) is 6.19. The molecule has 0 aromatic carbocycles. The average molecular weight is 248 g/mol. The minimum absolute atomic E-state index is 0.587. The second-order valence-corrected chi connectivity index (χ2v) is 6.19. The summed E-state index contributed by atoms with van der Waals surface area (Å²) in [4.78, 5) is 2.57. The van der Waals surface area contributed by atoms with Gasteiger partial charge in [-0.05, 0) is 24.7 Å². The number of piperazine rings is 1. The van der Waals surface area contributed by atoms with Crippen molar-refractivity contribution in [2.45, 2.75) is 38.8 Å². The zero-order chi connectivity index (χ0) is 12.7. The SMILES string of the molecule is CC(C)C1CNC(C2CC2)CN1c1cnn(C)c1. The normalized spacial score (nSPS) is 29.0. The first-order chi connectivity index (χ1) is 8.65. The van der Waals surface area contributed by atoms with E-state index in [1.165, 1.54) is 18.5 Å². The summed E-state index contributed by atoms with van der Waals surface area (Å²) >= 11 is 0. The number of hydrogen-bond donors (Lipinski definition) is 1. The van der Waals surface area contributed by atoms with E-state index in [4.69, 9.17) is 0 Å². The van der Waals surface area contributed by atoms with Crippen molar-refractivity contribution in [3.05, 3.63) is 12.4 Å². The summed E-state index contributed by atoms with van der Waals surface area (Å²) in [5, 5.41) is 8.08. The number of aromatic nitrogens is 2. The summed E-state index contributed by atoms with van der Waals surface area (Å²) in [6, 6.07) is 1.27. The smallest absolute Gasteiger partial charge is 0.0755 e. The molecule has 1 aliphatic heterocycles. The molecular formula is C14H24N4. The molecule has 1 aromatic heterocycles. The van der Waals surface area contributed by atoms with Crippen LogP contribution in [0, 0.1) is 11.8 Å². The Morgan fingerprint density at radius 2 is 2.17 bits per heavy atom. The molecule has 2 heterocycles. The molecule has 100 valence electrons. The van der Waals surface area contributed by atoms with E-state index >= 15 is 0 Å². The fourth-order valence-corrected chi connectivity index (χ4v) is 3.06. The van der Waals surface area contributed by atoms with Gasteiger partial charge in [-0.1, -0.05) is 13.8 Å². The van der Waals surface area contributed by atoms with E-state index in [1.54, 1.807) is 0 Å². The number of hydrogen-bond acceptors (Lipinski definition) is 3. The Balaban J connectivity index is 1.80. The lowest BCUT2D eigenvalue weighted by Crippen LogP contribution is -2.59. The van der Waals surface area contributed by atoms with E-state index in [0.717, 1.165) is 19.0 Å². The highest BCUT2D eigenvalue weighted by Crippen LogP contribution is 2.35. The Kier molecular flexibility index (Phi) is 3.06. The maximum absolute atomic E-state index is 4.33. The van der Waals surface area contributed by atoms with Crippen molar-refractivity contribution >= 4 is 5.69 Å². The van der Waals surface area contributed by atoms with Crippen molar-refractivity contribution in [3.8, 4) is 0 Å². The summed E-state index contributed by atoms with van der Waals surface area (Å²) in [5.74, 6) is 1.58. The van der Waals surface area contributed by atoms with Crippen LogP contribution in [-0.4, -0.2) is 35.0 Å². The van der Waals surface area contributed by atoms with Gasteiger partial charge in [0.05, 0.1) is 11.9 Å². The lowest BCUT2D eigenvalue weighted by Gasteiger charge is -2.43.